The summed E-state index contributed by atoms with van der Waals surface area (Å²) < 4.78 is 0. The predicted octanol–water partition coefficient (Wildman–Crippen LogP) is 6.16. The summed E-state index contributed by atoms with van der Waals surface area (Å²) in [7, 11) is 0. The van der Waals surface area contributed by atoms with E-state index in [0.717, 1.165) is 18.8 Å². The van der Waals surface area contributed by atoms with Crippen LogP contribution in [0.5, 0.6) is 0 Å². The molecule has 2 heteroatoms. The summed E-state index contributed by atoms with van der Waals surface area (Å²) in [4.78, 5) is 16.7. The molecule has 5 atom stereocenters. The molecule has 1 heterocycles. The van der Waals surface area contributed by atoms with E-state index in [1.165, 1.54) is 43.2 Å². The van der Waals surface area contributed by atoms with E-state index in [0.29, 0.717) is 23.5 Å². The van der Waals surface area contributed by atoms with Crippen LogP contribution in [-0.2, 0) is 4.79 Å². The molecule has 0 radical (unpaired) electrons. The summed E-state index contributed by atoms with van der Waals surface area (Å²) in [6.07, 6.45) is 19.1. The van der Waals surface area contributed by atoms with Crippen LogP contribution in [0.1, 0.15) is 64.4 Å². The quantitative estimate of drug-likeness (QED) is 0.610. The summed E-state index contributed by atoms with van der Waals surface area (Å²) >= 11 is 0. The molecule has 1 aromatic rings. The van der Waals surface area contributed by atoms with Crippen molar-refractivity contribution in [2.75, 3.05) is 0 Å². The molecular formula is C27H31NO. The fourth-order valence-corrected chi connectivity index (χ4v) is 7.57. The van der Waals surface area contributed by atoms with Crippen LogP contribution >= 0.6 is 0 Å². The third kappa shape index (κ3) is 2.47. The van der Waals surface area contributed by atoms with Gasteiger partial charge in [0.1, 0.15) is 0 Å². The van der Waals surface area contributed by atoms with Gasteiger partial charge in [-0.2, -0.15) is 0 Å². The highest BCUT2D eigenvalue weighted by molar-refractivity contribution is 5.92. The average Bonchev–Trinajstić information content (AvgIpc) is 3.50. The van der Waals surface area contributed by atoms with Crippen molar-refractivity contribution in [2.24, 2.45) is 34.5 Å². The summed E-state index contributed by atoms with van der Waals surface area (Å²) in [5.41, 5.74) is 6.34. The van der Waals surface area contributed by atoms with Gasteiger partial charge >= 0.3 is 0 Å². The molecule has 150 valence electrons. The maximum absolute atomic E-state index is 12.3. The lowest BCUT2D eigenvalue weighted by Gasteiger charge is -2.58. The van der Waals surface area contributed by atoms with Crippen LogP contribution < -0.4 is 0 Å². The van der Waals surface area contributed by atoms with Gasteiger partial charge in [0, 0.05) is 24.2 Å². The van der Waals surface area contributed by atoms with E-state index in [1.54, 1.807) is 11.1 Å². The molecule has 6 rings (SSSR count). The fourth-order valence-electron chi connectivity index (χ4n) is 7.57. The van der Waals surface area contributed by atoms with Gasteiger partial charge in [0.05, 0.1) is 0 Å². The average molecular weight is 386 g/mol. The van der Waals surface area contributed by atoms with Crippen molar-refractivity contribution in [3.8, 4) is 0 Å². The number of carbonyl (C=O) groups is 1. The van der Waals surface area contributed by atoms with Crippen molar-refractivity contribution in [1.29, 1.82) is 0 Å². The molecule has 0 aromatic carbocycles. The van der Waals surface area contributed by atoms with Crippen molar-refractivity contribution in [3.05, 3.63) is 59.5 Å². The number of allylic oxidation sites excluding steroid dienone is 6. The van der Waals surface area contributed by atoms with E-state index < -0.39 is 0 Å². The lowest BCUT2D eigenvalue weighted by molar-refractivity contribution is -0.116. The molecule has 0 spiro atoms. The SMILES string of the molecule is CC12CCC3C(CC(C4CC4)C4=CC(=O)CCC43C)C1=CC=C2c1cccnc1. The van der Waals surface area contributed by atoms with Crippen molar-refractivity contribution in [2.45, 2.75) is 58.8 Å². The highest BCUT2D eigenvalue weighted by Gasteiger charge is 2.58. The predicted molar refractivity (Wildman–Crippen MR) is 116 cm³/mol. The zero-order valence-electron chi connectivity index (χ0n) is 17.7. The normalized spacial score (nSPS) is 41.0. The minimum absolute atomic E-state index is 0.153. The largest absolute Gasteiger partial charge is 0.295 e. The van der Waals surface area contributed by atoms with E-state index in [-0.39, 0.29) is 10.8 Å². The Hall–Kier alpha value is -1.96. The van der Waals surface area contributed by atoms with Gasteiger partial charge in [0.2, 0.25) is 0 Å². The number of aromatic nitrogens is 1. The molecule has 3 fully saturated rings. The Balaban J connectivity index is 1.40. The minimum Gasteiger partial charge on any atom is -0.295 e. The number of ketones is 1. The zero-order chi connectivity index (χ0) is 19.8. The van der Waals surface area contributed by atoms with Crippen LogP contribution in [0.15, 0.2) is 53.9 Å². The van der Waals surface area contributed by atoms with Gasteiger partial charge in [-0.05, 0) is 90.9 Å². The van der Waals surface area contributed by atoms with Gasteiger partial charge in [-0.3, -0.25) is 9.78 Å². The van der Waals surface area contributed by atoms with Crippen molar-refractivity contribution in [1.82, 2.24) is 4.98 Å². The molecule has 5 aliphatic carbocycles. The fraction of sp³-hybridized carbons (Fsp3) is 0.556. The molecule has 0 saturated heterocycles. The van der Waals surface area contributed by atoms with Crippen molar-refractivity contribution in [3.63, 3.8) is 0 Å². The number of fused-ring (bicyclic) bond motifs is 5. The maximum Gasteiger partial charge on any atom is 0.155 e. The van der Waals surface area contributed by atoms with Gasteiger partial charge in [-0.25, -0.2) is 0 Å². The molecule has 1 aromatic heterocycles. The molecule has 0 N–H and O–H groups in total. The minimum atomic E-state index is 0.153. The second kappa shape index (κ2) is 6.03. The van der Waals surface area contributed by atoms with Gasteiger partial charge in [0.15, 0.2) is 5.78 Å². The Kier molecular flexibility index (Phi) is 3.71. The van der Waals surface area contributed by atoms with Crippen LogP contribution in [0.25, 0.3) is 5.57 Å². The van der Waals surface area contributed by atoms with Gasteiger partial charge < -0.3 is 0 Å². The summed E-state index contributed by atoms with van der Waals surface area (Å²) in [6, 6.07) is 4.28. The number of rotatable bonds is 2. The van der Waals surface area contributed by atoms with Crippen molar-refractivity contribution >= 4 is 11.4 Å². The molecule has 3 saturated carbocycles. The summed E-state index contributed by atoms with van der Waals surface area (Å²) in [5, 5.41) is 0. The van der Waals surface area contributed by atoms with E-state index in [1.807, 2.05) is 12.4 Å². The highest BCUT2D eigenvalue weighted by atomic mass is 16.1. The Bertz CT molecular complexity index is 966. The highest BCUT2D eigenvalue weighted by Crippen LogP contribution is 2.68. The first kappa shape index (κ1) is 17.9. The molecule has 0 amide bonds. The maximum atomic E-state index is 12.3. The van der Waals surface area contributed by atoms with Crippen LogP contribution in [0.2, 0.25) is 0 Å². The lowest BCUT2D eigenvalue weighted by Crippen LogP contribution is -2.50. The Morgan fingerprint density at radius 3 is 2.66 bits per heavy atom. The number of pyridine rings is 1. The van der Waals surface area contributed by atoms with E-state index >= 15 is 0 Å². The molecule has 5 unspecified atom stereocenters. The summed E-state index contributed by atoms with van der Waals surface area (Å²) in [5.74, 6) is 3.20. The molecule has 29 heavy (non-hydrogen) atoms. The smallest absolute Gasteiger partial charge is 0.155 e. The topological polar surface area (TPSA) is 30.0 Å². The second-order valence-electron chi connectivity index (χ2n) is 10.7. The number of nitrogens with zero attached hydrogens (tertiary/aromatic N) is 1. The Morgan fingerprint density at radius 2 is 1.90 bits per heavy atom. The second-order valence-corrected chi connectivity index (χ2v) is 10.7. The van der Waals surface area contributed by atoms with Crippen LogP contribution in [0, 0.1) is 34.5 Å². The molecule has 0 bridgehead atoms. The van der Waals surface area contributed by atoms with Gasteiger partial charge in [0.25, 0.3) is 0 Å². The first-order chi connectivity index (χ1) is 14.0. The third-order valence-electron chi connectivity index (χ3n) is 9.26. The van der Waals surface area contributed by atoms with Crippen LogP contribution in [0.4, 0.5) is 0 Å². The standard InChI is InChI=1S/C27H31NO/c1-26-12-10-24-21(23(26)8-7-22(26)18-4-3-13-28-16-18)15-20(17-5-6-17)25-14-19(29)9-11-27(24,25)2/h3-4,7-8,13-14,16-17,20-21,24H,5-6,9-12,15H2,1-2H3. The first-order valence-electron chi connectivity index (χ1n) is 11.6. The van der Waals surface area contributed by atoms with Crippen LogP contribution in [-0.4, -0.2) is 10.8 Å². The Labute approximate surface area is 174 Å². The summed E-state index contributed by atoms with van der Waals surface area (Å²) in [6.45, 7) is 4.98. The van der Waals surface area contributed by atoms with E-state index in [2.05, 4.69) is 49.2 Å². The third-order valence-corrected chi connectivity index (χ3v) is 9.26. The number of carbonyl (C=O) groups excluding carboxylic acids is 1. The monoisotopic (exact) mass is 385 g/mol. The zero-order valence-corrected chi connectivity index (χ0v) is 17.7. The van der Waals surface area contributed by atoms with Gasteiger partial charge in [-0.15, -0.1) is 0 Å². The number of hydrogen-bond acceptors (Lipinski definition) is 2. The van der Waals surface area contributed by atoms with Gasteiger partial charge in [-0.1, -0.05) is 43.2 Å². The van der Waals surface area contributed by atoms with Crippen LogP contribution in [0.3, 0.4) is 0 Å². The first-order valence-corrected chi connectivity index (χ1v) is 11.6. The molecular weight excluding hydrogens is 354 g/mol. The molecule has 0 aliphatic heterocycles. The van der Waals surface area contributed by atoms with E-state index in [9.17, 15) is 4.79 Å². The molecule has 5 aliphatic rings. The Morgan fingerprint density at radius 1 is 1.03 bits per heavy atom. The van der Waals surface area contributed by atoms with Crippen molar-refractivity contribution < 1.29 is 4.79 Å². The molecule has 2 nitrogen and oxygen atoms in total. The number of hydrogen-bond donors (Lipinski definition) is 0. The van der Waals surface area contributed by atoms with E-state index in [4.69, 9.17) is 0 Å². The lowest BCUT2D eigenvalue weighted by atomic mass is 9.46.